The minimum absolute atomic E-state index is 0.135. The average Bonchev–Trinajstić information content (AvgIpc) is 3.27. The van der Waals surface area contributed by atoms with Gasteiger partial charge in [0, 0.05) is 36.3 Å². The Bertz CT molecular complexity index is 702. The van der Waals surface area contributed by atoms with Crippen LogP contribution in [-0.2, 0) is 6.54 Å². The summed E-state index contributed by atoms with van der Waals surface area (Å²) in [7, 11) is 0. The number of fused-ring (bicyclic) bond motifs is 1. The number of aryl methyl sites for hydroxylation is 1. The van der Waals surface area contributed by atoms with Crippen molar-refractivity contribution in [3.63, 3.8) is 0 Å². The van der Waals surface area contributed by atoms with Gasteiger partial charge < -0.3 is 9.84 Å². The summed E-state index contributed by atoms with van der Waals surface area (Å²) < 4.78 is 7.13. The highest BCUT2D eigenvalue weighted by Crippen LogP contribution is 2.39. The van der Waals surface area contributed by atoms with Crippen LogP contribution in [0.15, 0.2) is 18.3 Å². The number of hydrogen-bond donors (Lipinski definition) is 1. The summed E-state index contributed by atoms with van der Waals surface area (Å²) in [5.41, 5.74) is 2.38. The third-order valence-corrected chi connectivity index (χ3v) is 3.93. The quantitative estimate of drug-likeness (QED) is 0.936. The van der Waals surface area contributed by atoms with E-state index < -0.39 is 5.97 Å². The Morgan fingerprint density at radius 2 is 2.24 bits per heavy atom. The fraction of sp³-hybridized carbons (Fsp3) is 0.400. The molecule has 0 unspecified atom stereocenters. The number of carboxylic acid groups (broad SMARTS) is 1. The fourth-order valence-corrected chi connectivity index (χ4v) is 2.69. The van der Waals surface area contributed by atoms with Crippen LogP contribution in [0.1, 0.15) is 41.2 Å². The Morgan fingerprint density at radius 1 is 1.38 bits per heavy atom. The summed E-state index contributed by atoms with van der Waals surface area (Å²) in [6.07, 6.45) is 4.94. The van der Waals surface area contributed by atoms with Crippen molar-refractivity contribution >= 4 is 5.97 Å². The number of rotatable bonds is 3. The smallest absolute Gasteiger partial charge is 0.343 e. The molecule has 2 aromatic heterocycles. The van der Waals surface area contributed by atoms with Gasteiger partial charge in [-0.1, -0.05) is 0 Å². The second kappa shape index (κ2) is 4.58. The lowest BCUT2D eigenvalue weighted by Gasteiger charge is -2.14. The standard InChI is InChI=1S/C15H15N3O3/c19-15(20)12-13(17-18-6-1-7-21-14(12)18)10-4-5-11(16-8-10)9-2-3-9/h4-5,8-9H,1-3,6-7H2,(H,19,20). The van der Waals surface area contributed by atoms with Crippen LogP contribution in [-0.4, -0.2) is 32.4 Å². The number of ether oxygens (including phenoxy) is 1. The van der Waals surface area contributed by atoms with Gasteiger partial charge in [-0.3, -0.25) is 4.98 Å². The van der Waals surface area contributed by atoms with Crippen molar-refractivity contribution in [1.29, 1.82) is 0 Å². The molecule has 2 aromatic rings. The Labute approximate surface area is 121 Å². The van der Waals surface area contributed by atoms with Crippen LogP contribution in [0.25, 0.3) is 11.3 Å². The minimum Gasteiger partial charge on any atom is -0.477 e. The molecule has 1 aliphatic heterocycles. The molecule has 0 atom stereocenters. The Morgan fingerprint density at radius 3 is 2.90 bits per heavy atom. The first kappa shape index (κ1) is 12.4. The van der Waals surface area contributed by atoms with Crippen LogP contribution in [0.5, 0.6) is 5.88 Å². The van der Waals surface area contributed by atoms with E-state index in [1.165, 1.54) is 12.8 Å². The van der Waals surface area contributed by atoms with Gasteiger partial charge in [-0.05, 0) is 25.0 Å². The maximum absolute atomic E-state index is 11.6. The second-order valence-electron chi connectivity index (χ2n) is 5.51. The average molecular weight is 285 g/mol. The molecule has 6 nitrogen and oxygen atoms in total. The predicted octanol–water partition coefficient (Wildman–Crippen LogP) is 2.30. The maximum Gasteiger partial charge on any atom is 0.343 e. The highest BCUT2D eigenvalue weighted by Gasteiger charge is 2.29. The molecule has 0 saturated heterocycles. The van der Waals surface area contributed by atoms with Crippen LogP contribution in [0, 0.1) is 0 Å². The van der Waals surface area contributed by atoms with Crippen molar-refractivity contribution in [1.82, 2.24) is 14.8 Å². The van der Waals surface area contributed by atoms with E-state index in [1.807, 2.05) is 12.1 Å². The van der Waals surface area contributed by atoms with E-state index in [-0.39, 0.29) is 5.56 Å². The predicted molar refractivity (Wildman–Crippen MR) is 74.5 cm³/mol. The lowest BCUT2D eigenvalue weighted by molar-refractivity contribution is 0.0690. The fourth-order valence-electron chi connectivity index (χ4n) is 2.69. The van der Waals surface area contributed by atoms with Gasteiger partial charge in [0.1, 0.15) is 11.3 Å². The number of aromatic nitrogens is 3. The summed E-state index contributed by atoms with van der Waals surface area (Å²) in [4.78, 5) is 16.0. The van der Waals surface area contributed by atoms with Crippen molar-refractivity contribution in [2.24, 2.45) is 0 Å². The van der Waals surface area contributed by atoms with Crippen molar-refractivity contribution < 1.29 is 14.6 Å². The zero-order chi connectivity index (χ0) is 14.4. The second-order valence-corrected chi connectivity index (χ2v) is 5.51. The van der Waals surface area contributed by atoms with E-state index >= 15 is 0 Å². The molecule has 21 heavy (non-hydrogen) atoms. The van der Waals surface area contributed by atoms with E-state index in [0.29, 0.717) is 30.6 Å². The minimum atomic E-state index is -1.01. The molecule has 0 bridgehead atoms. The first-order valence-corrected chi connectivity index (χ1v) is 7.17. The lowest BCUT2D eigenvalue weighted by Crippen LogP contribution is -2.16. The van der Waals surface area contributed by atoms with Gasteiger partial charge in [-0.25, -0.2) is 9.48 Å². The molecule has 1 N–H and O–H groups in total. The molecule has 0 spiro atoms. The molecule has 0 amide bonds. The molecule has 0 aromatic carbocycles. The molecule has 3 heterocycles. The number of carbonyl (C=O) groups is 1. The van der Waals surface area contributed by atoms with Crippen molar-refractivity contribution in [3.8, 4) is 17.1 Å². The summed E-state index contributed by atoms with van der Waals surface area (Å²) in [6.45, 7) is 1.22. The molecule has 1 saturated carbocycles. The Hall–Kier alpha value is -2.37. The number of pyridine rings is 1. The number of nitrogens with zero attached hydrogens (tertiary/aromatic N) is 3. The molecule has 0 radical (unpaired) electrons. The zero-order valence-corrected chi connectivity index (χ0v) is 11.5. The Balaban J connectivity index is 1.79. The first-order chi connectivity index (χ1) is 10.2. The summed E-state index contributed by atoms with van der Waals surface area (Å²) in [5.74, 6) is -0.0778. The summed E-state index contributed by atoms with van der Waals surface area (Å²) in [5, 5.41) is 13.9. The van der Waals surface area contributed by atoms with Gasteiger partial charge in [0.2, 0.25) is 5.88 Å². The first-order valence-electron chi connectivity index (χ1n) is 7.17. The van der Waals surface area contributed by atoms with Gasteiger partial charge in [-0.2, -0.15) is 5.10 Å². The van der Waals surface area contributed by atoms with Gasteiger partial charge in [0.25, 0.3) is 0 Å². The normalized spacial score (nSPS) is 17.1. The highest BCUT2D eigenvalue weighted by molar-refractivity contribution is 5.97. The van der Waals surface area contributed by atoms with E-state index in [1.54, 1.807) is 10.9 Å². The van der Waals surface area contributed by atoms with Gasteiger partial charge >= 0.3 is 5.97 Å². The molecule has 108 valence electrons. The molecule has 6 heteroatoms. The summed E-state index contributed by atoms with van der Waals surface area (Å²) >= 11 is 0. The summed E-state index contributed by atoms with van der Waals surface area (Å²) in [6, 6.07) is 3.87. The molecular formula is C15H15N3O3. The van der Waals surface area contributed by atoms with Gasteiger partial charge in [-0.15, -0.1) is 0 Å². The SMILES string of the molecule is O=C(O)c1c(-c2ccc(C3CC3)nc2)nn2c1OCCC2. The van der Waals surface area contributed by atoms with Crippen LogP contribution in [0.4, 0.5) is 0 Å². The molecule has 2 aliphatic rings. The third kappa shape index (κ3) is 2.07. The number of carboxylic acids is 1. The Kier molecular flexibility index (Phi) is 2.70. The van der Waals surface area contributed by atoms with E-state index in [4.69, 9.17) is 4.74 Å². The lowest BCUT2D eigenvalue weighted by atomic mass is 10.1. The van der Waals surface area contributed by atoms with Crippen LogP contribution in [0.3, 0.4) is 0 Å². The van der Waals surface area contributed by atoms with Gasteiger partial charge in [0.15, 0.2) is 0 Å². The highest BCUT2D eigenvalue weighted by atomic mass is 16.5. The number of aromatic carboxylic acids is 1. The molecule has 1 aliphatic carbocycles. The molecule has 1 fully saturated rings. The molecular weight excluding hydrogens is 270 g/mol. The maximum atomic E-state index is 11.6. The van der Waals surface area contributed by atoms with Crippen LogP contribution < -0.4 is 4.74 Å². The largest absolute Gasteiger partial charge is 0.477 e. The van der Waals surface area contributed by atoms with Crippen molar-refractivity contribution in [2.75, 3.05) is 6.61 Å². The van der Waals surface area contributed by atoms with Crippen molar-refractivity contribution in [3.05, 3.63) is 29.6 Å². The monoisotopic (exact) mass is 285 g/mol. The van der Waals surface area contributed by atoms with E-state index in [2.05, 4.69) is 10.1 Å². The van der Waals surface area contributed by atoms with Gasteiger partial charge in [0.05, 0.1) is 6.61 Å². The van der Waals surface area contributed by atoms with Crippen LogP contribution >= 0.6 is 0 Å². The zero-order valence-electron chi connectivity index (χ0n) is 11.5. The van der Waals surface area contributed by atoms with E-state index in [0.717, 1.165) is 17.7 Å². The number of hydrogen-bond acceptors (Lipinski definition) is 4. The van der Waals surface area contributed by atoms with E-state index in [9.17, 15) is 9.90 Å². The van der Waals surface area contributed by atoms with Crippen molar-refractivity contribution in [2.45, 2.75) is 31.7 Å². The third-order valence-electron chi connectivity index (χ3n) is 3.93. The molecule has 4 rings (SSSR count). The van der Waals surface area contributed by atoms with Crippen LogP contribution in [0.2, 0.25) is 0 Å². The topological polar surface area (TPSA) is 77.2 Å².